The van der Waals surface area contributed by atoms with Gasteiger partial charge in [-0.25, -0.2) is 0 Å². The quantitative estimate of drug-likeness (QED) is 0.377. The molecule has 7 heteroatoms. The van der Waals surface area contributed by atoms with Gasteiger partial charge in [0, 0.05) is 21.3 Å². The van der Waals surface area contributed by atoms with Crippen molar-refractivity contribution in [1.29, 1.82) is 0 Å². The number of fused-ring (bicyclic) bond motifs is 1. The van der Waals surface area contributed by atoms with Crippen LogP contribution in [0.3, 0.4) is 0 Å². The number of anilines is 1. The number of halogens is 1. The molecule has 5 rings (SSSR count). The first-order chi connectivity index (χ1) is 15.6. The molecule has 0 radical (unpaired) electrons. The molecule has 4 aromatic rings. The minimum Gasteiger partial charge on any atom is -0.508 e. The Morgan fingerprint density at radius 2 is 1.72 bits per heavy atom. The molecule has 0 unspecified atom stereocenters. The molecule has 1 aliphatic rings. The van der Waals surface area contributed by atoms with Gasteiger partial charge in [0.1, 0.15) is 17.2 Å². The summed E-state index contributed by atoms with van der Waals surface area (Å²) in [4.78, 5) is 15.3. The van der Waals surface area contributed by atoms with Crippen molar-refractivity contribution in [2.24, 2.45) is 0 Å². The Hall–Kier alpha value is -3.58. The van der Waals surface area contributed by atoms with Crippen molar-refractivity contribution in [1.82, 2.24) is 10.2 Å². The number of H-pyrrole nitrogens is 1. The van der Waals surface area contributed by atoms with Gasteiger partial charge in [0.05, 0.1) is 18.3 Å². The van der Waals surface area contributed by atoms with E-state index in [1.165, 1.54) is 0 Å². The fourth-order valence-corrected chi connectivity index (χ4v) is 4.35. The lowest BCUT2D eigenvalue weighted by Gasteiger charge is -2.26. The molecule has 0 fully saturated rings. The van der Waals surface area contributed by atoms with E-state index in [4.69, 9.17) is 4.74 Å². The second kappa shape index (κ2) is 8.16. The lowest BCUT2D eigenvalue weighted by molar-refractivity contribution is 0.0989. The minimum atomic E-state index is -0.389. The number of nitrogens with one attached hydrogen (secondary N) is 1. The number of carbonyl (C=O) groups excluding carboxylic acids is 1. The Balaban J connectivity index is 1.66. The minimum absolute atomic E-state index is 0.148. The Morgan fingerprint density at radius 1 is 1.03 bits per heavy atom. The number of ether oxygens (including phenoxy) is 1. The smallest absolute Gasteiger partial charge is 0.277 e. The van der Waals surface area contributed by atoms with Crippen molar-refractivity contribution < 1.29 is 14.6 Å². The topological polar surface area (TPSA) is 78.5 Å². The molecule has 2 N–H and O–H groups in total. The van der Waals surface area contributed by atoms with E-state index >= 15 is 0 Å². The lowest BCUT2D eigenvalue weighted by Crippen LogP contribution is -2.29. The van der Waals surface area contributed by atoms with Crippen LogP contribution in [0.2, 0.25) is 0 Å². The van der Waals surface area contributed by atoms with E-state index < -0.39 is 0 Å². The monoisotopic (exact) mass is 489 g/mol. The van der Waals surface area contributed by atoms with E-state index in [0.717, 1.165) is 32.6 Å². The first kappa shape index (κ1) is 20.3. The number of phenols is 1. The molecule has 1 amide bonds. The normalized spacial score (nSPS) is 15.1. The van der Waals surface area contributed by atoms with E-state index in [-0.39, 0.29) is 17.7 Å². The molecule has 3 aromatic carbocycles. The van der Waals surface area contributed by atoms with Crippen LogP contribution < -0.4 is 9.64 Å². The first-order valence-electron chi connectivity index (χ1n) is 10.3. The third-order valence-corrected chi connectivity index (χ3v) is 6.05. The van der Waals surface area contributed by atoms with Crippen LogP contribution in [0.15, 0.2) is 77.3 Å². The van der Waals surface area contributed by atoms with Crippen molar-refractivity contribution in [3.8, 4) is 22.8 Å². The van der Waals surface area contributed by atoms with Crippen LogP contribution in [0.1, 0.15) is 34.6 Å². The van der Waals surface area contributed by atoms with Crippen LogP contribution in [-0.2, 0) is 0 Å². The predicted molar refractivity (Wildman–Crippen MR) is 126 cm³/mol. The van der Waals surface area contributed by atoms with E-state index in [1.54, 1.807) is 17.0 Å². The molecule has 0 spiro atoms. The number of benzene rings is 3. The lowest BCUT2D eigenvalue weighted by atomic mass is 9.95. The molecule has 1 atom stereocenters. The molecule has 1 aromatic heterocycles. The van der Waals surface area contributed by atoms with Crippen LogP contribution in [0.5, 0.6) is 11.5 Å². The Bertz CT molecular complexity index is 1270. The number of hydrogen-bond donors (Lipinski definition) is 2. The highest BCUT2D eigenvalue weighted by molar-refractivity contribution is 9.10. The maximum Gasteiger partial charge on any atom is 0.277 e. The van der Waals surface area contributed by atoms with Gasteiger partial charge >= 0.3 is 0 Å². The number of aromatic nitrogens is 2. The first-order valence-corrected chi connectivity index (χ1v) is 11.1. The van der Waals surface area contributed by atoms with Crippen LogP contribution in [0.25, 0.3) is 11.3 Å². The molecule has 32 heavy (non-hydrogen) atoms. The summed E-state index contributed by atoms with van der Waals surface area (Å²) < 4.78 is 6.49. The average molecular weight is 490 g/mol. The third kappa shape index (κ3) is 3.44. The molecule has 1 aliphatic heterocycles. The van der Waals surface area contributed by atoms with Crippen molar-refractivity contribution in [3.63, 3.8) is 0 Å². The van der Waals surface area contributed by atoms with Gasteiger partial charge in [0.25, 0.3) is 5.91 Å². The summed E-state index contributed by atoms with van der Waals surface area (Å²) in [6.07, 6.45) is 0. The summed E-state index contributed by atoms with van der Waals surface area (Å²) in [6, 6.07) is 21.9. The SMILES string of the molecule is CCOc1ccc(-c2n[nH]c3c2[C@@H](c2ccc(O)cc2)N(c2ccc(Br)cc2)C3=O)cc1. The summed E-state index contributed by atoms with van der Waals surface area (Å²) in [5.74, 6) is 0.809. The molecule has 0 bridgehead atoms. The molecule has 2 heterocycles. The fourth-order valence-electron chi connectivity index (χ4n) is 4.08. The largest absolute Gasteiger partial charge is 0.508 e. The maximum atomic E-state index is 13.5. The zero-order valence-corrected chi connectivity index (χ0v) is 18.8. The zero-order valence-electron chi connectivity index (χ0n) is 17.2. The van der Waals surface area contributed by atoms with Crippen molar-refractivity contribution >= 4 is 27.5 Å². The van der Waals surface area contributed by atoms with Gasteiger partial charge in [-0.15, -0.1) is 0 Å². The number of aromatic amines is 1. The standard InChI is InChI=1S/C25H20BrN3O3/c1-2-32-20-13-5-15(6-14-20)22-21-23(28-27-22)25(31)29(18-9-7-17(26)8-10-18)24(21)16-3-11-19(30)12-4-16/h3-14,24,30H,2H2,1H3,(H,27,28)/t24-/m1/s1. The maximum absolute atomic E-state index is 13.5. The molecule has 0 saturated carbocycles. The van der Waals surface area contributed by atoms with Crippen LogP contribution in [-0.4, -0.2) is 27.8 Å². The molecule has 160 valence electrons. The van der Waals surface area contributed by atoms with Crippen molar-refractivity contribution in [3.05, 3.63) is 94.1 Å². The van der Waals surface area contributed by atoms with Crippen LogP contribution >= 0.6 is 15.9 Å². The Labute approximate surface area is 193 Å². The second-order valence-corrected chi connectivity index (χ2v) is 8.38. The zero-order chi connectivity index (χ0) is 22.2. The van der Waals surface area contributed by atoms with Gasteiger partial charge < -0.3 is 9.84 Å². The second-order valence-electron chi connectivity index (χ2n) is 7.46. The molecule has 0 aliphatic carbocycles. The molecule has 6 nitrogen and oxygen atoms in total. The number of hydrogen-bond acceptors (Lipinski definition) is 4. The number of rotatable bonds is 5. The summed E-state index contributed by atoms with van der Waals surface area (Å²) in [6.45, 7) is 2.54. The summed E-state index contributed by atoms with van der Waals surface area (Å²) in [7, 11) is 0. The predicted octanol–water partition coefficient (Wildman–Crippen LogP) is 5.69. The number of phenolic OH excluding ortho intramolecular Hbond substituents is 1. The summed E-state index contributed by atoms with van der Waals surface area (Å²) in [5.41, 5.74) is 4.54. The highest BCUT2D eigenvalue weighted by Crippen LogP contribution is 2.45. The van der Waals surface area contributed by atoms with Gasteiger partial charge in [-0.05, 0) is 73.2 Å². The van der Waals surface area contributed by atoms with Gasteiger partial charge in [-0.3, -0.25) is 14.8 Å². The number of aromatic hydroxyl groups is 1. The number of nitrogens with zero attached hydrogens (tertiary/aromatic N) is 2. The molecular weight excluding hydrogens is 470 g/mol. The molecular formula is C25H20BrN3O3. The average Bonchev–Trinajstić information content (AvgIpc) is 3.35. The number of carbonyl (C=O) groups is 1. The van der Waals surface area contributed by atoms with E-state index in [0.29, 0.717) is 18.0 Å². The van der Waals surface area contributed by atoms with Gasteiger partial charge in [-0.1, -0.05) is 28.1 Å². The van der Waals surface area contributed by atoms with Crippen LogP contribution in [0.4, 0.5) is 5.69 Å². The van der Waals surface area contributed by atoms with E-state index in [1.807, 2.05) is 67.6 Å². The molecule has 0 saturated heterocycles. The van der Waals surface area contributed by atoms with Gasteiger partial charge in [0.15, 0.2) is 0 Å². The highest BCUT2D eigenvalue weighted by atomic mass is 79.9. The summed E-state index contributed by atoms with van der Waals surface area (Å²) in [5, 5.41) is 17.3. The van der Waals surface area contributed by atoms with E-state index in [2.05, 4.69) is 26.1 Å². The van der Waals surface area contributed by atoms with E-state index in [9.17, 15) is 9.90 Å². The number of amides is 1. The fraction of sp³-hybridized carbons (Fsp3) is 0.120. The Morgan fingerprint density at radius 3 is 2.38 bits per heavy atom. The van der Waals surface area contributed by atoms with Gasteiger partial charge in [-0.2, -0.15) is 5.10 Å². The Kier molecular flexibility index (Phi) is 5.19. The highest BCUT2D eigenvalue weighted by Gasteiger charge is 2.43. The van der Waals surface area contributed by atoms with Crippen molar-refractivity contribution in [2.75, 3.05) is 11.5 Å². The van der Waals surface area contributed by atoms with Crippen LogP contribution in [0, 0.1) is 0 Å². The third-order valence-electron chi connectivity index (χ3n) is 5.52. The summed E-state index contributed by atoms with van der Waals surface area (Å²) >= 11 is 3.46. The van der Waals surface area contributed by atoms with Gasteiger partial charge in [0.2, 0.25) is 0 Å². The van der Waals surface area contributed by atoms with Crippen molar-refractivity contribution in [2.45, 2.75) is 13.0 Å².